The van der Waals surface area contributed by atoms with E-state index in [0.29, 0.717) is 5.54 Å². The van der Waals surface area contributed by atoms with Gasteiger partial charge in [0.1, 0.15) is 0 Å². The zero-order valence-electron chi connectivity index (χ0n) is 8.52. The van der Waals surface area contributed by atoms with Gasteiger partial charge in [-0.05, 0) is 46.6 Å². The Kier molecular flexibility index (Phi) is 2.29. The summed E-state index contributed by atoms with van der Waals surface area (Å²) < 4.78 is 0. The lowest BCUT2D eigenvalue weighted by molar-refractivity contribution is 0.0328. The Morgan fingerprint density at radius 1 is 1.27 bits per heavy atom. The number of piperidine rings is 1. The molecular weight excluding hydrogens is 134 g/mol. The first kappa shape index (κ1) is 9.05. The van der Waals surface area contributed by atoms with Crippen molar-refractivity contribution in [2.45, 2.75) is 52.1 Å². The minimum absolute atomic E-state index is 0.414. The normalized spacial score (nSPS) is 39.0. The van der Waals surface area contributed by atoms with Gasteiger partial charge in [0, 0.05) is 11.6 Å². The van der Waals surface area contributed by atoms with E-state index in [1.165, 1.54) is 12.8 Å². The van der Waals surface area contributed by atoms with Gasteiger partial charge in [0.15, 0.2) is 0 Å². The average Bonchev–Trinajstić information content (AvgIpc) is 1.81. The van der Waals surface area contributed by atoms with E-state index in [-0.39, 0.29) is 0 Å². The van der Waals surface area contributed by atoms with Gasteiger partial charge in [0.25, 0.3) is 0 Å². The van der Waals surface area contributed by atoms with Crippen molar-refractivity contribution in [3.8, 4) is 0 Å². The highest BCUT2D eigenvalue weighted by Gasteiger charge is 2.34. The summed E-state index contributed by atoms with van der Waals surface area (Å²) in [4.78, 5) is 2.51. The second-order valence-corrected chi connectivity index (χ2v) is 4.82. The number of hydrogen-bond donors (Lipinski definition) is 0. The number of nitrogens with zero attached hydrogens (tertiary/aromatic N) is 1. The molecule has 2 atom stereocenters. The van der Waals surface area contributed by atoms with Crippen LogP contribution in [-0.2, 0) is 0 Å². The van der Waals surface area contributed by atoms with Crippen LogP contribution in [0.3, 0.4) is 0 Å². The van der Waals surface area contributed by atoms with Crippen molar-refractivity contribution in [2.24, 2.45) is 5.92 Å². The summed E-state index contributed by atoms with van der Waals surface area (Å²) in [6.45, 7) is 9.39. The zero-order valence-corrected chi connectivity index (χ0v) is 8.52. The van der Waals surface area contributed by atoms with E-state index in [1.807, 2.05) is 0 Å². The fourth-order valence-corrected chi connectivity index (χ4v) is 2.42. The smallest absolute Gasteiger partial charge is 0.0155 e. The molecule has 1 aliphatic heterocycles. The van der Waals surface area contributed by atoms with Gasteiger partial charge >= 0.3 is 0 Å². The Bertz CT molecular complexity index is 140. The van der Waals surface area contributed by atoms with Gasteiger partial charge in [0.2, 0.25) is 0 Å². The van der Waals surface area contributed by atoms with Crippen LogP contribution in [0.5, 0.6) is 0 Å². The van der Waals surface area contributed by atoms with Gasteiger partial charge in [-0.25, -0.2) is 0 Å². The molecule has 0 amide bonds. The van der Waals surface area contributed by atoms with Gasteiger partial charge in [0.05, 0.1) is 0 Å². The van der Waals surface area contributed by atoms with Crippen LogP contribution in [-0.4, -0.2) is 23.5 Å². The summed E-state index contributed by atoms with van der Waals surface area (Å²) in [5, 5.41) is 0. The highest BCUT2D eigenvalue weighted by molar-refractivity contribution is 4.89. The van der Waals surface area contributed by atoms with Crippen molar-refractivity contribution in [1.29, 1.82) is 0 Å². The lowest BCUT2D eigenvalue weighted by Gasteiger charge is -2.47. The Balaban J connectivity index is 2.67. The lowest BCUT2D eigenvalue weighted by Crippen LogP contribution is -2.51. The molecule has 0 aromatic rings. The minimum Gasteiger partial charge on any atom is -0.299 e. The van der Waals surface area contributed by atoms with Crippen LogP contribution < -0.4 is 0 Å². The Morgan fingerprint density at radius 2 is 1.82 bits per heavy atom. The summed E-state index contributed by atoms with van der Waals surface area (Å²) >= 11 is 0. The fraction of sp³-hybridized carbons (Fsp3) is 1.00. The van der Waals surface area contributed by atoms with Crippen molar-refractivity contribution in [3.63, 3.8) is 0 Å². The van der Waals surface area contributed by atoms with E-state index in [9.17, 15) is 0 Å². The lowest BCUT2D eigenvalue weighted by atomic mass is 9.81. The van der Waals surface area contributed by atoms with Crippen molar-refractivity contribution in [2.75, 3.05) is 7.05 Å². The second-order valence-electron chi connectivity index (χ2n) is 4.82. The third kappa shape index (κ3) is 1.76. The predicted octanol–water partition coefficient (Wildman–Crippen LogP) is 2.52. The average molecular weight is 155 g/mol. The van der Waals surface area contributed by atoms with Crippen molar-refractivity contribution < 1.29 is 0 Å². The van der Waals surface area contributed by atoms with Crippen molar-refractivity contribution in [3.05, 3.63) is 0 Å². The van der Waals surface area contributed by atoms with Crippen molar-refractivity contribution >= 4 is 0 Å². The highest BCUT2D eigenvalue weighted by Crippen LogP contribution is 2.33. The number of rotatable bonds is 0. The van der Waals surface area contributed by atoms with Crippen LogP contribution >= 0.6 is 0 Å². The van der Waals surface area contributed by atoms with Gasteiger partial charge in [-0.15, -0.1) is 0 Å². The molecule has 1 rings (SSSR count). The molecule has 1 heterocycles. The molecule has 1 heteroatoms. The molecule has 0 saturated carbocycles. The molecule has 1 saturated heterocycles. The predicted molar refractivity (Wildman–Crippen MR) is 49.7 cm³/mol. The van der Waals surface area contributed by atoms with Gasteiger partial charge in [-0.2, -0.15) is 0 Å². The number of hydrogen-bond acceptors (Lipinski definition) is 1. The number of likely N-dealkylation sites (tertiary alicyclic amines) is 1. The zero-order chi connectivity index (χ0) is 8.65. The van der Waals surface area contributed by atoms with Crippen LogP contribution in [0.25, 0.3) is 0 Å². The summed E-state index contributed by atoms with van der Waals surface area (Å²) in [5.41, 5.74) is 0.414. The van der Waals surface area contributed by atoms with Crippen molar-refractivity contribution in [1.82, 2.24) is 4.90 Å². The van der Waals surface area contributed by atoms with E-state index in [4.69, 9.17) is 0 Å². The highest BCUT2D eigenvalue weighted by atomic mass is 15.2. The molecule has 1 nitrogen and oxygen atoms in total. The summed E-state index contributed by atoms with van der Waals surface area (Å²) in [5.74, 6) is 0.899. The largest absolute Gasteiger partial charge is 0.299 e. The molecule has 11 heavy (non-hydrogen) atoms. The molecule has 0 radical (unpaired) electrons. The first-order valence-electron chi connectivity index (χ1n) is 4.66. The third-order valence-corrected chi connectivity index (χ3v) is 3.21. The Morgan fingerprint density at radius 3 is 2.27 bits per heavy atom. The first-order valence-corrected chi connectivity index (χ1v) is 4.66. The summed E-state index contributed by atoms with van der Waals surface area (Å²) in [6.07, 6.45) is 2.70. The molecular formula is C10H21N. The van der Waals surface area contributed by atoms with E-state index in [1.54, 1.807) is 0 Å². The molecule has 1 aliphatic rings. The maximum absolute atomic E-state index is 2.51. The van der Waals surface area contributed by atoms with Gasteiger partial charge in [-0.1, -0.05) is 6.92 Å². The van der Waals surface area contributed by atoms with Crippen LogP contribution in [0.4, 0.5) is 0 Å². The molecule has 0 N–H and O–H groups in total. The molecule has 0 aromatic carbocycles. The minimum atomic E-state index is 0.414. The van der Waals surface area contributed by atoms with E-state index >= 15 is 0 Å². The summed E-state index contributed by atoms with van der Waals surface area (Å²) in [6, 6.07) is 0.758. The van der Waals surface area contributed by atoms with E-state index in [2.05, 4.69) is 39.6 Å². The molecule has 0 spiro atoms. The molecule has 0 bridgehead atoms. The Labute approximate surface area is 70.8 Å². The SMILES string of the molecule is C[C@H]1C[C@H](C)N(C)C(C)(C)C1. The maximum Gasteiger partial charge on any atom is 0.0155 e. The van der Waals surface area contributed by atoms with Crippen LogP contribution in [0, 0.1) is 5.92 Å². The fourth-order valence-electron chi connectivity index (χ4n) is 2.42. The van der Waals surface area contributed by atoms with Crippen LogP contribution in [0.1, 0.15) is 40.5 Å². The molecule has 66 valence electrons. The van der Waals surface area contributed by atoms with E-state index in [0.717, 1.165) is 12.0 Å². The molecule has 0 aromatic heterocycles. The Hall–Kier alpha value is -0.0400. The van der Waals surface area contributed by atoms with Crippen LogP contribution in [0.15, 0.2) is 0 Å². The maximum atomic E-state index is 2.51. The molecule has 1 fully saturated rings. The topological polar surface area (TPSA) is 3.24 Å². The van der Waals surface area contributed by atoms with Crippen LogP contribution in [0.2, 0.25) is 0 Å². The molecule has 0 unspecified atom stereocenters. The summed E-state index contributed by atoms with van der Waals surface area (Å²) in [7, 11) is 2.25. The molecule has 0 aliphatic carbocycles. The third-order valence-electron chi connectivity index (χ3n) is 3.21. The monoisotopic (exact) mass is 155 g/mol. The van der Waals surface area contributed by atoms with E-state index < -0.39 is 0 Å². The first-order chi connectivity index (χ1) is 4.93. The van der Waals surface area contributed by atoms with Gasteiger partial charge in [-0.3, -0.25) is 4.90 Å². The second kappa shape index (κ2) is 2.78. The standard InChI is InChI=1S/C10H21N/c1-8-6-9(2)11(5)10(3,4)7-8/h8-9H,6-7H2,1-5H3/t8-,9-/m0/s1. The quantitative estimate of drug-likeness (QED) is 0.519. The van der Waals surface area contributed by atoms with Gasteiger partial charge < -0.3 is 0 Å².